The topological polar surface area (TPSA) is 78.6 Å². The molecule has 0 saturated carbocycles. The van der Waals surface area contributed by atoms with Crippen LogP contribution in [0.4, 0.5) is 0 Å². The number of nitrogens with zero attached hydrogens (tertiary/aromatic N) is 5. The van der Waals surface area contributed by atoms with E-state index in [2.05, 4.69) is 99.0 Å². The summed E-state index contributed by atoms with van der Waals surface area (Å²) in [4.78, 5) is 27.6. The van der Waals surface area contributed by atoms with Crippen LogP contribution in [0.25, 0.3) is 85.9 Å². The first-order valence-electron chi connectivity index (χ1n) is 15.5. The monoisotopic (exact) mass is 749 g/mol. The van der Waals surface area contributed by atoms with Crippen LogP contribution in [0, 0.1) is 0 Å². The number of hydrogen-bond donors (Lipinski definition) is 0. The van der Waals surface area contributed by atoms with Gasteiger partial charge in [0.15, 0.2) is 0 Å². The summed E-state index contributed by atoms with van der Waals surface area (Å²) in [6.45, 7) is 0. The molecule has 2 aliphatic rings. The van der Waals surface area contributed by atoms with Gasteiger partial charge in [-0.25, -0.2) is 0 Å². The number of fused-ring (bicyclic) bond motifs is 8. The number of aromatic amines is 1. The van der Waals surface area contributed by atoms with E-state index in [-0.39, 0.29) is 29.0 Å². The van der Waals surface area contributed by atoms with Gasteiger partial charge in [0, 0.05) is 0 Å². The predicted octanol–water partition coefficient (Wildman–Crippen LogP) is 7.78. The van der Waals surface area contributed by atoms with Crippen LogP contribution in [0.2, 0.25) is 0 Å². The molecule has 226 valence electrons. The Labute approximate surface area is 288 Å². The molecule has 2 aliphatic heterocycles. The Hall–Kier alpha value is -5.36. The van der Waals surface area contributed by atoms with E-state index in [4.69, 9.17) is 9.97 Å². The molecule has 0 fully saturated rings. The summed E-state index contributed by atoms with van der Waals surface area (Å²) in [6.07, 6.45) is 23.9. The van der Waals surface area contributed by atoms with Gasteiger partial charge in [0.25, 0.3) is 0 Å². The Morgan fingerprint density at radius 2 is 0.792 bits per heavy atom. The SMILES string of the molecule is C1=Cc2nc1c(-c1cccnc1)c1ccc([se]1)c(-c1cccnc1)c1nc(c(-c3ccc[nH+]c3)c3ccc([se]3)c2-c2cccnc2)C=C1. The molecule has 0 spiro atoms. The van der Waals surface area contributed by atoms with E-state index in [0.29, 0.717) is 0 Å². The van der Waals surface area contributed by atoms with E-state index in [0.717, 1.165) is 67.3 Å². The van der Waals surface area contributed by atoms with E-state index in [1.165, 1.54) is 17.0 Å². The summed E-state index contributed by atoms with van der Waals surface area (Å²) in [5.41, 5.74) is 12.5. The van der Waals surface area contributed by atoms with Gasteiger partial charge in [-0.3, -0.25) is 0 Å². The van der Waals surface area contributed by atoms with Gasteiger partial charge in [0.2, 0.25) is 0 Å². The van der Waals surface area contributed by atoms with Crippen molar-refractivity contribution in [2.75, 3.05) is 0 Å². The van der Waals surface area contributed by atoms with Gasteiger partial charge < -0.3 is 0 Å². The first-order valence-corrected chi connectivity index (χ1v) is 18.9. The first kappa shape index (κ1) is 28.8. The van der Waals surface area contributed by atoms with Crippen LogP contribution in [0.3, 0.4) is 0 Å². The molecule has 1 N–H and O–H groups in total. The van der Waals surface area contributed by atoms with Gasteiger partial charge in [0.05, 0.1) is 0 Å². The number of H-pyrrole nitrogens is 1. The molecule has 0 amide bonds. The quantitative estimate of drug-likeness (QED) is 0.172. The van der Waals surface area contributed by atoms with Gasteiger partial charge in [-0.2, -0.15) is 0 Å². The molecule has 0 atom stereocenters. The molecule has 48 heavy (non-hydrogen) atoms. The molecular weight excluding hydrogens is 722 g/mol. The summed E-state index contributed by atoms with van der Waals surface area (Å²) in [6, 6.07) is 25.6. The van der Waals surface area contributed by atoms with Crippen LogP contribution >= 0.6 is 0 Å². The van der Waals surface area contributed by atoms with Gasteiger partial charge >= 0.3 is 290 Å². The third-order valence-electron chi connectivity index (χ3n) is 8.35. The van der Waals surface area contributed by atoms with E-state index < -0.39 is 0 Å². The predicted molar refractivity (Wildman–Crippen MR) is 196 cm³/mol. The van der Waals surface area contributed by atoms with E-state index in [9.17, 15) is 0 Å². The Bertz CT molecular complexity index is 2190. The Morgan fingerprint density at radius 3 is 1.12 bits per heavy atom. The number of aromatic nitrogens is 6. The van der Waals surface area contributed by atoms with Gasteiger partial charge in [-0.1, -0.05) is 0 Å². The minimum absolute atomic E-state index is 0.0232. The molecule has 0 radical (unpaired) electrons. The Balaban J connectivity index is 1.49. The van der Waals surface area contributed by atoms with Gasteiger partial charge in [-0.05, 0) is 0 Å². The molecule has 8 bridgehead atoms. The van der Waals surface area contributed by atoms with Crippen molar-refractivity contribution in [1.82, 2.24) is 24.9 Å². The van der Waals surface area contributed by atoms with Gasteiger partial charge in [0.1, 0.15) is 0 Å². The molecule has 0 aliphatic carbocycles. The van der Waals surface area contributed by atoms with Crippen LogP contribution in [0.5, 0.6) is 0 Å². The summed E-state index contributed by atoms with van der Waals surface area (Å²) >= 11 is -0.0553. The number of hydrogen-bond acceptors (Lipinski definition) is 5. The second-order valence-corrected chi connectivity index (χ2v) is 15.8. The van der Waals surface area contributed by atoms with Crippen molar-refractivity contribution in [2.24, 2.45) is 0 Å². The molecule has 9 heterocycles. The minimum atomic E-state index is -0.0321. The zero-order chi connectivity index (χ0) is 31.9. The van der Waals surface area contributed by atoms with Crippen molar-refractivity contribution in [3.8, 4) is 44.5 Å². The van der Waals surface area contributed by atoms with Gasteiger partial charge in [-0.15, -0.1) is 0 Å². The normalized spacial score (nSPS) is 12.0. The second kappa shape index (κ2) is 12.3. The standard InChI is InChI=1S/C40H24N6Se2/c1-5-25(21-41-17-1)37-29-9-10-30(45-29)38(26-6-2-18-42-22-26)35-15-16-36(48-35)40(28-8-4-20-44-24-28)32-12-11-31(46-32)39(27-7-3-19-43-23-27)34-14-13-33(37)47-34/h1-24H/p+1. The summed E-state index contributed by atoms with van der Waals surface area (Å²) < 4.78 is 5.02. The van der Waals surface area contributed by atoms with Crippen LogP contribution in [0.15, 0.2) is 122 Å². The fraction of sp³-hybridized carbons (Fsp3) is 0. The third kappa shape index (κ3) is 5.22. The van der Waals surface area contributed by atoms with Crippen molar-refractivity contribution in [2.45, 2.75) is 0 Å². The maximum atomic E-state index is 5.39. The van der Waals surface area contributed by atoms with Crippen molar-refractivity contribution in [3.63, 3.8) is 0 Å². The maximum absolute atomic E-state index is 5.39. The Morgan fingerprint density at radius 1 is 0.417 bits per heavy atom. The van der Waals surface area contributed by atoms with Crippen LogP contribution in [0.1, 0.15) is 22.8 Å². The second-order valence-electron chi connectivity index (χ2n) is 11.3. The van der Waals surface area contributed by atoms with Crippen molar-refractivity contribution >= 4 is 70.4 Å². The van der Waals surface area contributed by atoms with Crippen LogP contribution in [-0.4, -0.2) is 53.9 Å². The Kier molecular flexibility index (Phi) is 7.41. The summed E-state index contributed by atoms with van der Waals surface area (Å²) in [5.74, 6) is 0. The molecule has 0 unspecified atom stereocenters. The molecule has 7 aromatic heterocycles. The molecular formula is C40H25N6Se2+. The summed E-state index contributed by atoms with van der Waals surface area (Å²) in [7, 11) is 0. The number of rotatable bonds is 4. The number of nitrogens with one attached hydrogen (secondary N) is 1. The molecule has 0 aromatic carbocycles. The summed E-state index contributed by atoms with van der Waals surface area (Å²) in [5, 5.41) is 0. The molecule has 8 heteroatoms. The molecule has 9 rings (SSSR count). The van der Waals surface area contributed by atoms with Crippen molar-refractivity contribution in [1.29, 1.82) is 0 Å². The zero-order valence-corrected chi connectivity index (χ0v) is 28.8. The van der Waals surface area contributed by atoms with Crippen molar-refractivity contribution < 1.29 is 4.98 Å². The van der Waals surface area contributed by atoms with E-state index in [1.807, 2.05) is 67.6 Å². The number of pyridine rings is 4. The third-order valence-corrected chi connectivity index (χ3v) is 13.0. The van der Waals surface area contributed by atoms with E-state index in [1.54, 1.807) is 0 Å². The molecule has 7 aromatic rings. The molecule has 0 saturated heterocycles. The first-order chi connectivity index (χ1) is 23.8. The average Bonchev–Trinajstić information content (AvgIpc) is 3.98. The fourth-order valence-corrected chi connectivity index (χ4v) is 11.1. The van der Waals surface area contributed by atoms with Crippen LogP contribution in [-0.2, 0) is 0 Å². The van der Waals surface area contributed by atoms with E-state index >= 15 is 0 Å². The van der Waals surface area contributed by atoms with Crippen LogP contribution < -0.4 is 4.98 Å². The molecule has 6 nitrogen and oxygen atoms in total. The fourth-order valence-electron chi connectivity index (χ4n) is 6.24. The zero-order valence-electron chi connectivity index (χ0n) is 25.4. The average molecular weight is 748 g/mol. The van der Waals surface area contributed by atoms with Crippen molar-refractivity contribution in [3.05, 3.63) is 145 Å².